The summed E-state index contributed by atoms with van der Waals surface area (Å²) in [5.41, 5.74) is 0.549. The highest BCUT2D eigenvalue weighted by atomic mass is 16.2. The molecule has 2 unspecified atom stereocenters. The fourth-order valence-corrected chi connectivity index (χ4v) is 2.48. The first-order valence-electron chi connectivity index (χ1n) is 6.29. The van der Waals surface area contributed by atoms with Crippen molar-refractivity contribution in [3.8, 4) is 12.1 Å². The van der Waals surface area contributed by atoms with E-state index in [1.165, 1.54) is 0 Å². The SMILES string of the molecule is N#CC(C#N)C(c1ccccc1)C1C(=O)CC(=O)NC1=O. The topological polar surface area (TPSA) is 111 Å². The number of imide groups is 1. The average molecular weight is 281 g/mol. The van der Waals surface area contributed by atoms with E-state index in [1.807, 2.05) is 12.1 Å². The summed E-state index contributed by atoms with van der Waals surface area (Å²) in [6.45, 7) is 0. The summed E-state index contributed by atoms with van der Waals surface area (Å²) in [5.74, 6) is -5.20. The maximum absolute atomic E-state index is 12.1. The number of carbonyl (C=O) groups excluding carboxylic acids is 3. The molecule has 0 aliphatic carbocycles. The second-order valence-corrected chi connectivity index (χ2v) is 4.71. The van der Waals surface area contributed by atoms with Gasteiger partial charge in [-0.1, -0.05) is 30.3 Å². The minimum Gasteiger partial charge on any atom is -0.298 e. The lowest BCUT2D eigenvalue weighted by atomic mass is 9.74. The second kappa shape index (κ2) is 5.98. The van der Waals surface area contributed by atoms with Crippen molar-refractivity contribution in [3.05, 3.63) is 35.9 Å². The fourth-order valence-electron chi connectivity index (χ4n) is 2.48. The number of nitriles is 2. The average Bonchev–Trinajstić information content (AvgIpc) is 2.46. The molecule has 1 fully saturated rings. The van der Waals surface area contributed by atoms with Crippen molar-refractivity contribution in [2.24, 2.45) is 11.8 Å². The number of hydrogen-bond donors (Lipinski definition) is 1. The van der Waals surface area contributed by atoms with Crippen LogP contribution in [0.5, 0.6) is 0 Å². The van der Waals surface area contributed by atoms with Gasteiger partial charge in [-0.2, -0.15) is 10.5 Å². The summed E-state index contributed by atoms with van der Waals surface area (Å²) in [5, 5.41) is 20.4. The number of ketones is 1. The molecule has 0 aromatic heterocycles. The number of Topliss-reactive ketones (excluding diaryl/α,β-unsaturated/α-hetero) is 1. The predicted molar refractivity (Wildman–Crippen MR) is 70.2 cm³/mol. The molecule has 1 heterocycles. The first-order valence-corrected chi connectivity index (χ1v) is 6.29. The van der Waals surface area contributed by atoms with Crippen LogP contribution in [-0.4, -0.2) is 17.6 Å². The molecule has 0 bridgehead atoms. The summed E-state index contributed by atoms with van der Waals surface area (Å²) >= 11 is 0. The Morgan fingerprint density at radius 1 is 1.10 bits per heavy atom. The molecule has 1 aliphatic rings. The molecule has 1 N–H and O–H groups in total. The summed E-state index contributed by atoms with van der Waals surface area (Å²) in [6, 6.07) is 12.1. The van der Waals surface area contributed by atoms with Crippen LogP contribution in [0.15, 0.2) is 30.3 Å². The lowest BCUT2D eigenvalue weighted by molar-refractivity contribution is -0.144. The Hall–Kier alpha value is -2.99. The van der Waals surface area contributed by atoms with Crippen LogP contribution >= 0.6 is 0 Å². The Bertz CT molecular complexity index is 636. The summed E-state index contributed by atoms with van der Waals surface area (Å²) < 4.78 is 0. The lowest BCUT2D eigenvalue weighted by Crippen LogP contribution is -2.49. The molecule has 1 aromatic carbocycles. The van der Waals surface area contributed by atoms with E-state index >= 15 is 0 Å². The van der Waals surface area contributed by atoms with Gasteiger partial charge in [-0.3, -0.25) is 19.7 Å². The van der Waals surface area contributed by atoms with Crippen molar-refractivity contribution in [1.82, 2.24) is 5.32 Å². The van der Waals surface area contributed by atoms with Crippen LogP contribution < -0.4 is 5.32 Å². The standard InChI is InChI=1S/C15H11N3O3/c16-7-10(8-17)13(9-4-2-1-3-5-9)14-11(19)6-12(20)18-15(14)21/h1-5,10,13-14H,6H2,(H,18,20,21). The molecular weight excluding hydrogens is 270 g/mol. The number of nitrogens with one attached hydrogen (secondary N) is 1. The highest BCUT2D eigenvalue weighted by Crippen LogP contribution is 2.34. The Morgan fingerprint density at radius 3 is 2.24 bits per heavy atom. The van der Waals surface area contributed by atoms with Crippen LogP contribution in [0.4, 0.5) is 0 Å². The van der Waals surface area contributed by atoms with E-state index < -0.39 is 41.8 Å². The zero-order valence-corrected chi connectivity index (χ0v) is 10.9. The van der Waals surface area contributed by atoms with Crippen LogP contribution in [0, 0.1) is 34.5 Å². The van der Waals surface area contributed by atoms with E-state index in [-0.39, 0.29) is 0 Å². The molecular formula is C15H11N3O3. The van der Waals surface area contributed by atoms with Crippen molar-refractivity contribution in [2.75, 3.05) is 0 Å². The second-order valence-electron chi connectivity index (χ2n) is 4.71. The zero-order chi connectivity index (χ0) is 15.4. The van der Waals surface area contributed by atoms with Crippen molar-refractivity contribution < 1.29 is 14.4 Å². The molecule has 6 heteroatoms. The minimum atomic E-state index is -1.20. The largest absolute Gasteiger partial charge is 0.298 e. The Balaban J connectivity index is 2.48. The van der Waals surface area contributed by atoms with Gasteiger partial charge in [0.2, 0.25) is 11.8 Å². The molecule has 104 valence electrons. The van der Waals surface area contributed by atoms with E-state index in [1.54, 1.807) is 30.3 Å². The molecule has 0 spiro atoms. The molecule has 6 nitrogen and oxygen atoms in total. The van der Waals surface area contributed by atoms with Crippen LogP contribution in [0.25, 0.3) is 0 Å². The van der Waals surface area contributed by atoms with Gasteiger partial charge in [0.15, 0.2) is 5.78 Å². The molecule has 2 atom stereocenters. The van der Waals surface area contributed by atoms with Gasteiger partial charge in [-0.25, -0.2) is 0 Å². The van der Waals surface area contributed by atoms with Crippen molar-refractivity contribution in [3.63, 3.8) is 0 Å². The Kier molecular flexibility index (Phi) is 4.10. The van der Waals surface area contributed by atoms with Crippen molar-refractivity contribution >= 4 is 17.6 Å². The first kappa shape index (κ1) is 14.4. The Morgan fingerprint density at radius 2 is 1.71 bits per heavy atom. The van der Waals surface area contributed by atoms with E-state index in [4.69, 9.17) is 10.5 Å². The van der Waals surface area contributed by atoms with Gasteiger partial charge in [-0.05, 0) is 5.56 Å². The fraction of sp³-hybridized carbons (Fsp3) is 0.267. The van der Waals surface area contributed by atoms with Crippen LogP contribution in [0.2, 0.25) is 0 Å². The summed E-state index contributed by atoms with van der Waals surface area (Å²) in [7, 11) is 0. The van der Waals surface area contributed by atoms with E-state index in [0.29, 0.717) is 5.56 Å². The summed E-state index contributed by atoms with van der Waals surface area (Å²) in [4.78, 5) is 35.3. The predicted octanol–water partition coefficient (Wildman–Crippen LogP) is 0.665. The highest BCUT2D eigenvalue weighted by molar-refractivity contribution is 6.18. The van der Waals surface area contributed by atoms with Crippen molar-refractivity contribution in [1.29, 1.82) is 10.5 Å². The van der Waals surface area contributed by atoms with Gasteiger partial charge in [-0.15, -0.1) is 0 Å². The molecule has 0 radical (unpaired) electrons. The maximum atomic E-state index is 12.1. The molecule has 0 saturated carbocycles. The molecule has 2 rings (SSSR count). The van der Waals surface area contributed by atoms with Gasteiger partial charge in [0.25, 0.3) is 0 Å². The Labute approximate surface area is 121 Å². The molecule has 1 saturated heterocycles. The lowest BCUT2D eigenvalue weighted by Gasteiger charge is -2.28. The smallest absolute Gasteiger partial charge is 0.237 e. The molecule has 1 aromatic rings. The number of hydrogen-bond acceptors (Lipinski definition) is 5. The molecule has 2 amide bonds. The number of rotatable bonds is 3. The number of benzene rings is 1. The highest BCUT2D eigenvalue weighted by Gasteiger charge is 2.44. The van der Waals surface area contributed by atoms with Gasteiger partial charge >= 0.3 is 0 Å². The van der Waals surface area contributed by atoms with E-state index in [0.717, 1.165) is 0 Å². The molecule has 21 heavy (non-hydrogen) atoms. The van der Waals surface area contributed by atoms with E-state index in [9.17, 15) is 14.4 Å². The van der Waals surface area contributed by atoms with Crippen LogP contribution in [-0.2, 0) is 14.4 Å². The molecule has 1 aliphatic heterocycles. The van der Waals surface area contributed by atoms with Gasteiger partial charge in [0.05, 0.1) is 18.6 Å². The van der Waals surface area contributed by atoms with E-state index in [2.05, 4.69) is 5.32 Å². The maximum Gasteiger partial charge on any atom is 0.237 e. The number of amides is 2. The monoisotopic (exact) mass is 281 g/mol. The summed E-state index contributed by atoms with van der Waals surface area (Å²) in [6.07, 6.45) is -0.413. The number of nitrogens with zero attached hydrogens (tertiary/aromatic N) is 2. The normalized spacial score (nSPS) is 19.6. The van der Waals surface area contributed by atoms with Gasteiger partial charge in [0, 0.05) is 5.92 Å². The van der Waals surface area contributed by atoms with Crippen LogP contribution in [0.1, 0.15) is 17.9 Å². The third-order valence-electron chi connectivity index (χ3n) is 3.41. The van der Waals surface area contributed by atoms with Gasteiger partial charge in [0.1, 0.15) is 11.8 Å². The number of carbonyl (C=O) groups is 3. The van der Waals surface area contributed by atoms with Crippen molar-refractivity contribution in [2.45, 2.75) is 12.3 Å². The third kappa shape index (κ3) is 2.80. The minimum absolute atomic E-state index is 0.413. The van der Waals surface area contributed by atoms with Gasteiger partial charge < -0.3 is 0 Å². The van der Waals surface area contributed by atoms with Crippen LogP contribution in [0.3, 0.4) is 0 Å². The third-order valence-corrected chi connectivity index (χ3v) is 3.41. The quantitative estimate of drug-likeness (QED) is 0.646. The first-order chi connectivity index (χ1) is 10.1. The zero-order valence-electron chi connectivity index (χ0n) is 10.9. The number of piperidine rings is 1.